The van der Waals surface area contributed by atoms with E-state index in [1.54, 1.807) is 36.0 Å². The molecule has 4 aromatic rings. The second kappa shape index (κ2) is 9.28. The van der Waals surface area contributed by atoms with Gasteiger partial charge in [0.1, 0.15) is 17.1 Å². The molecule has 9 heteroatoms. The molecule has 1 saturated heterocycles. The van der Waals surface area contributed by atoms with E-state index in [0.717, 1.165) is 10.8 Å². The Labute approximate surface area is 213 Å². The molecule has 0 aliphatic carbocycles. The van der Waals surface area contributed by atoms with Crippen molar-refractivity contribution in [2.45, 2.75) is 0 Å². The average Bonchev–Trinajstić information content (AvgIpc) is 2.87. The number of amides is 1. The molecule has 0 bridgehead atoms. The predicted octanol–water partition coefficient (Wildman–Crippen LogP) is 4.85. The second-order valence-electron chi connectivity index (χ2n) is 8.92. The van der Waals surface area contributed by atoms with Crippen LogP contribution in [0.4, 0.5) is 16.2 Å². The number of nitrogens with zero attached hydrogens (tertiary/aromatic N) is 5. The molecule has 2 heterocycles. The highest BCUT2D eigenvalue weighted by atomic mass is 35.5. The molecule has 1 aromatic heterocycles. The van der Waals surface area contributed by atoms with Crippen molar-refractivity contribution in [2.24, 2.45) is 0 Å². The van der Waals surface area contributed by atoms with E-state index in [1.165, 1.54) is 12.1 Å². The molecule has 1 amide bonds. The topological polar surface area (TPSA) is 72.8 Å². The summed E-state index contributed by atoms with van der Waals surface area (Å²) >= 11 is 6.72. The molecule has 0 spiro atoms. The maximum atomic E-state index is 16.3. The van der Waals surface area contributed by atoms with Crippen molar-refractivity contribution in [1.29, 1.82) is 0 Å². The molecule has 0 radical (unpaired) electrons. The zero-order chi connectivity index (χ0) is 25.6. The Morgan fingerprint density at radius 3 is 2.53 bits per heavy atom. The molecule has 1 aliphatic rings. The number of piperazine rings is 1. The van der Waals surface area contributed by atoms with Gasteiger partial charge in [-0.3, -0.25) is 4.79 Å². The van der Waals surface area contributed by atoms with Gasteiger partial charge in [0.2, 0.25) is 11.9 Å². The van der Waals surface area contributed by atoms with Crippen molar-refractivity contribution < 1.29 is 14.3 Å². The number of aromatic hydroxyl groups is 1. The molecular formula is C27H25ClFN5O2. The van der Waals surface area contributed by atoms with E-state index in [9.17, 15) is 9.90 Å². The third-order valence-corrected chi connectivity index (χ3v) is 6.73. The Morgan fingerprint density at radius 1 is 1.11 bits per heavy atom. The molecular weight excluding hydrogens is 481 g/mol. The molecule has 1 aliphatic heterocycles. The first-order valence-corrected chi connectivity index (χ1v) is 11.9. The van der Waals surface area contributed by atoms with Crippen LogP contribution in [-0.4, -0.2) is 66.2 Å². The van der Waals surface area contributed by atoms with Gasteiger partial charge in [-0.2, -0.15) is 4.98 Å². The van der Waals surface area contributed by atoms with E-state index in [1.807, 2.05) is 29.2 Å². The van der Waals surface area contributed by atoms with Crippen molar-refractivity contribution in [3.05, 3.63) is 66.0 Å². The van der Waals surface area contributed by atoms with Crippen LogP contribution in [-0.2, 0) is 4.79 Å². The van der Waals surface area contributed by atoms with Gasteiger partial charge in [-0.1, -0.05) is 42.4 Å². The SMILES string of the molecule is C=CC(=O)N1CCN(c2nc(N(C)C)nc3c(F)c(-c4cc(O)cc5ccccc45)c(Cl)cc23)CC1. The van der Waals surface area contributed by atoms with Crippen LogP contribution in [0.15, 0.2) is 55.1 Å². The zero-order valence-electron chi connectivity index (χ0n) is 20.0. The quantitative estimate of drug-likeness (QED) is 0.400. The third-order valence-electron chi connectivity index (χ3n) is 6.43. The Balaban J connectivity index is 1.70. The lowest BCUT2D eigenvalue weighted by molar-refractivity contribution is -0.126. The van der Waals surface area contributed by atoms with Gasteiger partial charge >= 0.3 is 0 Å². The molecule has 36 heavy (non-hydrogen) atoms. The monoisotopic (exact) mass is 505 g/mol. The Kier molecular flexibility index (Phi) is 6.14. The summed E-state index contributed by atoms with van der Waals surface area (Å²) in [7, 11) is 3.59. The van der Waals surface area contributed by atoms with Gasteiger partial charge in [0.15, 0.2) is 5.82 Å². The number of carbonyl (C=O) groups is 1. The van der Waals surface area contributed by atoms with Crippen LogP contribution in [0.2, 0.25) is 5.02 Å². The summed E-state index contributed by atoms with van der Waals surface area (Å²) in [6, 6.07) is 12.3. The molecule has 0 atom stereocenters. The van der Waals surface area contributed by atoms with Gasteiger partial charge in [-0.25, -0.2) is 9.37 Å². The summed E-state index contributed by atoms with van der Waals surface area (Å²) in [5, 5.41) is 12.6. The van der Waals surface area contributed by atoms with Gasteiger partial charge in [-0.05, 0) is 40.6 Å². The van der Waals surface area contributed by atoms with Gasteiger partial charge in [-0.15, -0.1) is 0 Å². The Hall–Kier alpha value is -3.91. The van der Waals surface area contributed by atoms with E-state index in [2.05, 4.69) is 11.6 Å². The van der Waals surface area contributed by atoms with E-state index >= 15 is 4.39 Å². The number of aromatic nitrogens is 2. The number of benzene rings is 3. The van der Waals surface area contributed by atoms with Crippen molar-refractivity contribution in [2.75, 3.05) is 50.1 Å². The van der Waals surface area contributed by atoms with Crippen LogP contribution in [0.3, 0.4) is 0 Å². The van der Waals surface area contributed by atoms with Crippen LogP contribution in [0.25, 0.3) is 32.8 Å². The Bertz CT molecular complexity index is 1520. The smallest absolute Gasteiger partial charge is 0.246 e. The number of halogens is 2. The minimum atomic E-state index is -0.583. The Morgan fingerprint density at radius 2 is 1.83 bits per heavy atom. The molecule has 1 N–H and O–H groups in total. The standard InChI is InChI=1S/C27H25ClFN5O2/c1-4-22(36)33-9-11-34(12-10-33)26-20-15-21(28)23(24(29)25(20)30-27(31-26)32(2)3)19-14-17(35)13-16-7-5-6-8-18(16)19/h4-8,13-15,35H,1,9-12H2,2-3H3. The fraction of sp³-hybridized carbons (Fsp3) is 0.222. The lowest BCUT2D eigenvalue weighted by atomic mass is 9.96. The molecule has 3 aromatic carbocycles. The molecule has 184 valence electrons. The molecule has 0 saturated carbocycles. The fourth-order valence-electron chi connectivity index (χ4n) is 4.63. The predicted molar refractivity (Wildman–Crippen MR) is 142 cm³/mol. The summed E-state index contributed by atoms with van der Waals surface area (Å²) in [5.74, 6) is 0.231. The van der Waals surface area contributed by atoms with Crippen LogP contribution in [0, 0.1) is 5.82 Å². The number of fused-ring (bicyclic) bond motifs is 2. The molecule has 7 nitrogen and oxygen atoms in total. The summed E-state index contributed by atoms with van der Waals surface area (Å²) in [6.07, 6.45) is 1.31. The fourth-order valence-corrected chi connectivity index (χ4v) is 4.92. The third kappa shape index (κ3) is 4.07. The second-order valence-corrected chi connectivity index (χ2v) is 9.32. The highest BCUT2D eigenvalue weighted by Crippen LogP contribution is 2.42. The number of phenolic OH excluding ortho intramolecular Hbond substituents is 1. The van der Waals surface area contributed by atoms with E-state index in [-0.39, 0.29) is 27.8 Å². The summed E-state index contributed by atoms with van der Waals surface area (Å²) in [5.41, 5.74) is 0.797. The first-order chi connectivity index (χ1) is 17.3. The maximum Gasteiger partial charge on any atom is 0.246 e. The summed E-state index contributed by atoms with van der Waals surface area (Å²) in [4.78, 5) is 26.7. The van der Waals surface area contributed by atoms with Gasteiger partial charge in [0.05, 0.1) is 5.02 Å². The normalized spacial score (nSPS) is 13.9. The van der Waals surface area contributed by atoms with E-state index < -0.39 is 5.82 Å². The first kappa shape index (κ1) is 23.8. The molecule has 5 rings (SSSR count). The van der Waals surface area contributed by atoms with Crippen LogP contribution < -0.4 is 9.80 Å². The average molecular weight is 506 g/mol. The van der Waals surface area contributed by atoms with Crippen molar-refractivity contribution in [3.8, 4) is 16.9 Å². The highest BCUT2D eigenvalue weighted by Gasteiger charge is 2.26. The van der Waals surface area contributed by atoms with Crippen molar-refractivity contribution >= 4 is 50.9 Å². The first-order valence-electron chi connectivity index (χ1n) is 11.5. The maximum absolute atomic E-state index is 16.3. The lowest BCUT2D eigenvalue weighted by Crippen LogP contribution is -2.48. The number of rotatable bonds is 4. The summed E-state index contributed by atoms with van der Waals surface area (Å²) in [6.45, 7) is 5.60. The van der Waals surface area contributed by atoms with Gasteiger partial charge in [0, 0.05) is 51.2 Å². The lowest BCUT2D eigenvalue weighted by Gasteiger charge is -2.35. The van der Waals surface area contributed by atoms with E-state index in [0.29, 0.717) is 48.9 Å². The van der Waals surface area contributed by atoms with Crippen LogP contribution >= 0.6 is 11.6 Å². The van der Waals surface area contributed by atoms with E-state index in [4.69, 9.17) is 16.6 Å². The van der Waals surface area contributed by atoms with Gasteiger partial charge < -0.3 is 19.8 Å². The summed E-state index contributed by atoms with van der Waals surface area (Å²) < 4.78 is 16.3. The number of carbonyl (C=O) groups excluding carboxylic acids is 1. The number of phenols is 1. The molecule has 1 fully saturated rings. The minimum Gasteiger partial charge on any atom is -0.508 e. The highest BCUT2D eigenvalue weighted by molar-refractivity contribution is 6.35. The number of hydrogen-bond acceptors (Lipinski definition) is 6. The van der Waals surface area contributed by atoms with Crippen molar-refractivity contribution in [3.63, 3.8) is 0 Å². The minimum absolute atomic E-state index is 0.0172. The number of hydrogen-bond donors (Lipinski definition) is 1. The number of anilines is 2. The largest absolute Gasteiger partial charge is 0.508 e. The van der Waals surface area contributed by atoms with Crippen LogP contribution in [0.1, 0.15) is 0 Å². The van der Waals surface area contributed by atoms with Crippen molar-refractivity contribution in [1.82, 2.24) is 14.9 Å². The van der Waals surface area contributed by atoms with Crippen LogP contribution in [0.5, 0.6) is 5.75 Å². The van der Waals surface area contributed by atoms with Gasteiger partial charge in [0.25, 0.3) is 0 Å². The molecule has 0 unspecified atom stereocenters. The zero-order valence-corrected chi connectivity index (χ0v) is 20.8.